The van der Waals surface area contributed by atoms with Crippen LogP contribution in [0.5, 0.6) is 0 Å². The summed E-state index contributed by atoms with van der Waals surface area (Å²) in [6.07, 6.45) is -7.46. The van der Waals surface area contributed by atoms with Crippen LogP contribution < -0.4 is 21.2 Å². The van der Waals surface area contributed by atoms with Gasteiger partial charge >= 0.3 is 246 Å². The van der Waals surface area contributed by atoms with Gasteiger partial charge in [0.15, 0.2) is 0 Å². The number of alkyl halides is 2. The average Bonchev–Trinajstić information content (AvgIpc) is 3.33. The molecular formula is C26H34F2IN4O9-. The number of halogens is 3. The molecule has 0 saturated carbocycles. The summed E-state index contributed by atoms with van der Waals surface area (Å²) in [7, 11) is 0. The van der Waals surface area contributed by atoms with Crippen LogP contribution in [0.1, 0.15) is 46.1 Å². The number of hydrogen-bond donors (Lipinski definition) is 4. The number of nitriles is 1. The molecule has 1 aromatic heterocycles. The minimum absolute atomic E-state index is 0.0646. The van der Waals surface area contributed by atoms with Gasteiger partial charge in [-0.15, -0.1) is 0 Å². The van der Waals surface area contributed by atoms with Crippen molar-refractivity contribution in [2.24, 2.45) is 4.99 Å². The second-order valence-corrected chi connectivity index (χ2v) is 13.2. The van der Waals surface area contributed by atoms with Crippen molar-refractivity contribution in [3.63, 3.8) is 0 Å². The van der Waals surface area contributed by atoms with Gasteiger partial charge in [0, 0.05) is 0 Å². The second kappa shape index (κ2) is 14.7. The first-order valence-electron chi connectivity index (χ1n) is 13.0. The molecule has 13 nitrogen and oxygen atoms in total. The van der Waals surface area contributed by atoms with Crippen molar-refractivity contribution in [2.75, 3.05) is 22.3 Å². The van der Waals surface area contributed by atoms with Gasteiger partial charge < -0.3 is 5.11 Å². The van der Waals surface area contributed by atoms with Crippen LogP contribution in [0.25, 0.3) is 11.0 Å². The van der Waals surface area contributed by atoms with E-state index in [1.54, 1.807) is 26.8 Å². The maximum absolute atomic E-state index is 15.2. The van der Waals surface area contributed by atoms with E-state index in [4.69, 9.17) is 18.9 Å². The molecule has 1 aliphatic rings. The van der Waals surface area contributed by atoms with E-state index in [2.05, 4.69) is 16.9 Å². The fraction of sp³-hybridized carbons (Fsp3) is 0.615. The number of aromatic nitrogens is 2. The van der Waals surface area contributed by atoms with Crippen LogP contribution in [-0.2, 0) is 24.5 Å². The van der Waals surface area contributed by atoms with E-state index in [9.17, 15) is 34.9 Å². The Labute approximate surface area is 250 Å². The third-order valence-electron chi connectivity index (χ3n) is 6.10. The maximum atomic E-state index is 15.2. The number of unbranched alkanes of at least 4 members (excludes halogenated alkanes) is 1. The molecule has 1 aliphatic heterocycles. The first-order chi connectivity index (χ1) is 19.8. The number of rotatable bonds is 10. The molecular weight excluding hydrogens is 677 g/mol. The normalized spacial score (nSPS) is 23.2. The molecule has 16 heteroatoms. The zero-order valence-electron chi connectivity index (χ0n) is 23.5. The number of aliphatic imine (C=N–C) groups is 1. The van der Waals surface area contributed by atoms with Crippen molar-refractivity contribution in [1.82, 2.24) is 9.55 Å². The molecule has 5 atom stereocenters. The fourth-order valence-electron chi connectivity index (χ4n) is 3.95. The number of nitrogens with zero attached hydrogens (tertiary/aromatic N) is 4. The average molecular weight is 711 g/mol. The third kappa shape index (κ3) is 8.02. The number of hydrogen-bond acceptors (Lipinski definition) is 12. The van der Waals surface area contributed by atoms with Gasteiger partial charge in [-0.2, -0.15) is 0 Å². The molecule has 3 rings (SSSR count). The molecule has 0 aliphatic carbocycles. The van der Waals surface area contributed by atoms with Crippen molar-refractivity contribution < 1.29 is 74.2 Å². The van der Waals surface area contributed by atoms with Crippen LogP contribution in [-0.4, -0.2) is 95.0 Å². The molecule has 0 unspecified atom stereocenters. The molecule has 1 saturated heterocycles. The molecule has 42 heavy (non-hydrogen) atoms. The zero-order chi connectivity index (χ0) is 31.2. The first-order valence-corrected chi connectivity index (χ1v) is 16.1. The first kappa shape index (κ1) is 33.8. The van der Waals surface area contributed by atoms with Crippen LogP contribution >= 0.6 is 0 Å². The molecule has 2 heterocycles. The Hall–Kier alpha value is -2.69. The Morgan fingerprint density at radius 2 is 1.90 bits per heavy atom. The van der Waals surface area contributed by atoms with Crippen LogP contribution in [0.15, 0.2) is 11.1 Å². The molecule has 0 bridgehead atoms. The van der Waals surface area contributed by atoms with E-state index in [1.807, 2.05) is 0 Å². The molecule has 0 amide bonds. The van der Waals surface area contributed by atoms with E-state index in [-0.39, 0.29) is 22.9 Å². The van der Waals surface area contributed by atoms with Gasteiger partial charge in [0.1, 0.15) is 0 Å². The summed E-state index contributed by atoms with van der Waals surface area (Å²) in [6.45, 7) is 6.01. The van der Waals surface area contributed by atoms with E-state index in [1.165, 1.54) is 4.57 Å². The zero-order valence-corrected chi connectivity index (χ0v) is 25.6. The summed E-state index contributed by atoms with van der Waals surface area (Å²) >= 11 is -0.439. The van der Waals surface area contributed by atoms with Gasteiger partial charge in [0.2, 0.25) is 0 Å². The molecule has 1 aromatic carbocycles. The van der Waals surface area contributed by atoms with Crippen molar-refractivity contribution in [2.45, 2.75) is 76.8 Å². The summed E-state index contributed by atoms with van der Waals surface area (Å²) in [5.41, 5.74) is -1.82. The summed E-state index contributed by atoms with van der Waals surface area (Å²) in [5, 5.41) is 48.1. The minimum atomic E-state index is -1.79. The van der Waals surface area contributed by atoms with E-state index in [0.29, 0.717) is 4.43 Å². The van der Waals surface area contributed by atoms with Gasteiger partial charge in [-0.05, 0) is 0 Å². The Kier molecular flexibility index (Phi) is 11.8. The molecule has 234 valence electrons. The number of aliphatic hydroxyl groups excluding tert-OH is 4. The SMILES string of the molecule is CCCC[I-]C/C(=N/c1nc2c(F)cc(C#N)c(F)c2n1C(C)(C)C)OCOC(=O)OC[C@H]1O[C@@H](O)[C@H](O)[C@@H](O)[C@@H]1O. The van der Waals surface area contributed by atoms with E-state index in [0.717, 1.165) is 23.3 Å². The van der Waals surface area contributed by atoms with E-state index < -0.39 is 94.2 Å². The Bertz CT molecular complexity index is 1330. The molecule has 0 radical (unpaired) electrons. The fourth-order valence-corrected chi connectivity index (χ4v) is 6.49. The number of carbonyl (C=O) groups is 1. The van der Waals surface area contributed by atoms with Crippen molar-refractivity contribution in [3.8, 4) is 6.07 Å². The number of imidazole rings is 1. The number of aliphatic hydroxyl groups is 4. The Balaban J connectivity index is 1.78. The second-order valence-electron chi connectivity index (χ2n) is 10.3. The van der Waals surface area contributed by atoms with Gasteiger partial charge in [-0.3, -0.25) is 0 Å². The molecule has 1 fully saturated rings. The summed E-state index contributed by atoms with van der Waals surface area (Å²) in [6, 6.07) is 2.42. The third-order valence-corrected chi connectivity index (χ3v) is 8.82. The Morgan fingerprint density at radius 3 is 2.55 bits per heavy atom. The van der Waals surface area contributed by atoms with Crippen LogP contribution in [0.2, 0.25) is 0 Å². The standard InChI is InChI=1S/C26H34F2IN4O9/c1-5-6-7-29-9-16(40-12-41-25(38)39-11-15-20(34)21(35)22(36)23(37)42-15)31-24-32-18-14(27)8-13(10-30)17(28)19(18)33(24)26(2,3)4/h8,15,20-23,34-37H,5-7,9,11-12H2,1-4H3/q-1/b31-16-/t15-,20-,21+,22-,23-/m1/s1. The van der Waals surface area contributed by atoms with Crippen molar-refractivity contribution in [1.29, 1.82) is 5.26 Å². The molecule has 2 aromatic rings. The van der Waals surface area contributed by atoms with Gasteiger partial charge in [0.25, 0.3) is 0 Å². The topological polar surface area (TPSA) is 189 Å². The molecule has 4 N–H and O–H groups in total. The Morgan fingerprint density at radius 1 is 1.19 bits per heavy atom. The number of benzene rings is 1. The number of fused-ring (bicyclic) bond motifs is 1. The summed E-state index contributed by atoms with van der Waals surface area (Å²) in [4.78, 5) is 20.7. The summed E-state index contributed by atoms with van der Waals surface area (Å²) < 4.78 is 53.0. The van der Waals surface area contributed by atoms with Crippen LogP contribution in [0.4, 0.5) is 19.5 Å². The quantitative estimate of drug-likeness (QED) is 0.0441. The number of carbonyl (C=O) groups excluding carboxylic acids is 1. The predicted octanol–water partition coefficient (Wildman–Crippen LogP) is -1.21. The van der Waals surface area contributed by atoms with Gasteiger partial charge in [-0.25, -0.2) is 0 Å². The van der Waals surface area contributed by atoms with E-state index >= 15 is 4.39 Å². The molecule has 0 spiro atoms. The van der Waals surface area contributed by atoms with Gasteiger partial charge in [-0.1, -0.05) is 0 Å². The number of ether oxygens (including phenoxy) is 4. The summed E-state index contributed by atoms with van der Waals surface area (Å²) in [5.74, 6) is -1.76. The van der Waals surface area contributed by atoms with Crippen molar-refractivity contribution >= 4 is 29.0 Å². The predicted molar refractivity (Wildman–Crippen MR) is 138 cm³/mol. The van der Waals surface area contributed by atoms with Crippen molar-refractivity contribution in [3.05, 3.63) is 23.3 Å². The van der Waals surface area contributed by atoms with Crippen LogP contribution in [0, 0.1) is 23.0 Å². The monoisotopic (exact) mass is 711 g/mol. The van der Waals surface area contributed by atoms with Gasteiger partial charge in [0.05, 0.1) is 0 Å². The van der Waals surface area contributed by atoms with Crippen LogP contribution in [0.3, 0.4) is 0 Å².